The zero-order valence-corrected chi connectivity index (χ0v) is 24.3. The molecule has 10 nitrogen and oxygen atoms in total. The SMILES string of the molecule is COC1CN2CNCC2CC1C1CC(C)NCC1C(=O)NC1NC2CN(C(=O)C3CCC(C(F)F)CN3)CC2S1. The Morgan fingerprint density at radius 2 is 1.90 bits per heavy atom. The lowest BCUT2D eigenvalue weighted by molar-refractivity contribution is -0.134. The van der Waals surface area contributed by atoms with Crippen molar-refractivity contribution in [3.63, 3.8) is 0 Å². The maximum absolute atomic E-state index is 13.7. The fraction of sp³-hybridized carbons (Fsp3) is 0.926. The molecule has 2 amide bonds. The lowest BCUT2D eigenvalue weighted by Gasteiger charge is -2.47. The number of alkyl halides is 2. The highest BCUT2D eigenvalue weighted by Gasteiger charge is 2.49. The van der Waals surface area contributed by atoms with Crippen molar-refractivity contribution in [1.29, 1.82) is 0 Å². The summed E-state index contributed by atoms with van der Waals surface area (Å²) in [4.78, 5) is 31.1. The molecule has 40 heavy (non-hydrogen) atoms. The van der Waals surface area contributed by atoms with Gasteiger partial charge in [-0.25, -0.2) is 8.78 Å². The molecule has 0 aromatic rings. The molecule has 6 fully saturated rings. The maximum Gasteiger partial charge on any atom is 0.242 e. The van der Waals surface area contributed by atoms with Gasteiger partial charge in [0.05, 0.1) is 18.1 Å². The first-order valence-corrected chi connectivity index (χ1v) is 16.0. The van der Waals surface area contributed by atoms with E-state index in [0.717, 1.165) is 32.6 Å². The monoisotopic (exact) mass is 585 g/mol. The number of amides is 2. The van der Waals surface area contributed by atoms with E-state index in [1.54, 1.807) is 18.9 Å². The molecule has 6 rings (SSSR count). The minimum atomic E-state index is -2.34. The van der Waals surface area contributed by atoms with Gasteiger partial charge in [0.1, 0.15) is 5.50 Å². The van der Waals surface area contributed by atoms with E-state index in [4.69, 9.17) is 4.74 Å². The Labute approximate surface area is 239 Å². The number of hydrogen-bond acceptors (Lipinski definition) is 9. The van der Waals surface area contributed by atoms with E-state index in [-0.39, 0.29) is 59.1 Å². The summed E-state index contributed by atoms with van der Waals surface area (Å²) in [6.07, 6.45) is 0.627. The van der Waals surface area contributed by atoms with Crippen LogP contribution in [0.1, 0.15) is 32.6 Å². The van der Waals surface area contributed by atoms with Gasteiger partial charge < -0.3 is 30.9 Å². The Morgan fingerprint density at radius 3 is 2.62 bits per heavy atom. The first-order chi connectivity index (χ1) is 19.3. The summed E-state index contributed by atoms with van der Waals surface area (Å²) in [7, 11) is 1.80. The van der Waals surface area contributed by atoms with Crippen molar-refractivity contribution in [3.05, 3.63) is 0 Å². The summed E-state index contributed by atoms with van der Waals surface area (Å²) in [5.41, 5.74) is -0.182. The van der Waals surface area contributed by atoms with E-state index < -0.39 is 12.3 Å². The molecule has 11 unspecified atom stereocenters. The number of rotatable bonds is 6. The highest BCUT2D eigenvalue weighted by Crippen LogP contribution is 2.40. The Hall–Kier alpha value is -1.09. The molecule has 13 heteroatoms. The van der Waals surface area contributed by atoms with Gasteiger partial charge in [-0.1, -0.05) is 0 Å². The van der Waals surface area contributed by atoms with Crippen molar-refractivity contribution >= 4 is 23.6 Å². The van der Waals surface area contributed by atoms with Crippen LogP contribution in [0, 0.1) is 23.7 Å². The lowest BCUT2D eigenvalue weighted by atomic mass is 9.69. The summed E-state index contributed by atoms with van der Waals surface area (Å²) in [6, 6.07) is 0.606. The highest BCUT2D eigenvalue weighted by molar-refractivity contribution is 8.00. The standard InChI is InChI=1S/C27H45F2N7O3S/c1-14-5-17(18-6-16-8-30-13-36(16)11-22(18)39-2)19(9-31-14)25(37)34-27-33-21-10-35(12-23(21)40-27)26(38)20-4-3-15(7-32-20)24(28)29/h14-24,27,30-33H,3-13H2,1-2H3,(H,34,37). The third kappa shape index (κ3) is 5.89. The van der Waals surface area contributed by atoms with Crippen LogP contribution in [0.25, 0.3) is 0 Å². The smallest absolute Gasteiger partial charge is 0.242 e. The normalized spacial score (nSPS) is 44.0. The topological polar surface area (TPSA) is 110 Å². The number of piperidine rings is 3. The van der Waals surface area contributed by atoms with Crippen LogP contribution in [0.15, 0.2) is 0 Å². The number of carbonyl (C=O) groups is 2. The molecular formula is C27H45F2N7O3S. The van der Waals surface area contributed by atoms with Crippen LogP contribution in [0.5, 0.6) is 0 Å². The molecule has 11 atom stereocenters. The summed E-state index contributed by atoms with van der Waals surface area (Å²) < 4.78 is 31.9. The van der Waals surface area contributed by atoms with Crippen molar-refractivity contribution in [2.45, 2.75) is 80.1 Å². The average molecular weight is 586 g/mol. The van der Waals surface area contributed by atoms with E-state index in [9.17, 15) is 18.4 Å². The summed E-state index contributed by atoms with van der Waals surface area (Å²) in [5, 5.41) is 17.1. The molecule has 6 heterocycles. The fourth-order valence-corrected chi connectivity index (χ4v) is 9.41. The number of fused-ring (bicyclic) bond motifs is 2. The molecular weight excluding hydrogens is 540 g/mol. The van der Waals surface area contributed by atoms with Crippen LogP contribution in [0.2, 0.25) is 0 Å². The van der Waals surface area contributed by atoms with Gasteiger partial charge in [-0.05, 0) is 44.4 Å². The largest absolute Gasteiger partial charge is 0.380 e. The third-order valence-electron chi connectivity index (χ3n) is 10.3. The zero-order valence-electron chi connectivity index (χ0n) is 23.5. The number of likely N-dealkylation sites (tertiary alicyclic amines) is 1. The molecule has 6 saturated heterocycles. The Bertz CT molecular complexity index is 915. The Morgan fingerprint density at radius 1 is 1.05 bits per heavy atom. The van der Waals surface area contributed by atoms with Gasteiger partial charge in [0.25, 0.3) is 0 Å². The number of halogens is 2. The summed E-state index contributed by atoms with van der Waals surface area (Å²) in [5.74, 6) is -0.0842. The molecule has 0 spiro atoms. The quantitative estimate of drug-likeness (QED) is 0.290. The molecule has 0 radical (unpaired) electrons. The summed E-state index contributed by atoms with van der Waals surface area (Å²) >= 11 is 1.68. The zero-order chi connectivity index (χ0) is 28.0. The van der Waals surface area contributed by atoms with Crippen molar-refractivity contribution in [2.75, 3.05) is 53.0 Å². The minimum Gasteiger partial charge on any atom is -0.380 e. The van der Waals surface area contributed by atoms with Crippen LogP contribution >= 0.6 is 11.8 Å². The van der Waals surface area contributed by atoms with Crippen molar-refractivity contribution in [1.82, 2.24) is 36.4 Å². The second-order valence-corrected chi connectivity index (χ2v) is 14.1. The molecule has 0 aliphatic carbocycles. The van der Waals surface area contributed by atoms with Crippen LogP contribution < -0.4 is 26.6 Å². The number of carbonyl (C=O) groups excluding carboxylic acids is 2. The fourth-order valence-electron chi connectivity index (χ4n) is 8.00. The minimum absolute atomic E-state index is 0.00607. The number of hydrogen-bond donors (Lipinski definition) is 5. The van der Waals surface area contributed by atoms with Crippen molar-refractivity contribution in [3.8, 4) is 0 Å². The van der Waals surface area contributed by atoms with E-state index in [1.807, 2.05) is 4.90 Å². The van der Waals surface area contributed by atoms with Gasteiger partial charge in [-0.2, -0.15) is 0 Å². The third-order valence-corrected chi connectivity index (χ3v) is 11.7. The molecule has 0 bridgehead atoms. The average Bonchev–Trinajstić information content (AvgIpc) is 3.66. The van der Waals surface area contributed by atoms with E-state index in [2.05, 4.69) is 38.4 Å². The van der Waals surface area contributed by atoms with E-state index >= 15 is 0 Å². The van der Waals surface area contributed by atoms with Gasteiger partial charge in [0.15, 0.2) is 0 Å². The van der Waals surface area contributed by atoms with Crippen LogP contribution in [-0.4, -0.2) is 122 Å². The van der Waals surface area contributed by atoms with Gasteiger partial charge >= 0.3 is 0 Å². The van der Waals surface area contributed by atoms with Crippen LogP contribution in [-0.2, 0) is 14.3 Å². The number of methoxy groups -OCH3 is 1. The number of thioether (sulfide) groups is 1. The molecule has 0 aromatic heterocycles. The lowest BCUT2D eigenvalue weighted by Crippen LogP contribution is -2.58. The predicted octanol–water partition coefficient (Wildman–Crippen LogP) is -0.184. The van der Waals surface area contributed by atoms with Crippen molar-refractivity contribution < 1.29 is 23.1 Å². The van der Waals surface area contributed by atoms with Gasteiger partial charge in [-0.15, -0.1) is 11.8 Å². The van der Waals surface area contributed by atoms with Gasteiger partial charge in [0, 0.05) is 82.3 Å². The molecule has 226 valence electrons. The molecule has 0 saturated carbocycles. The first kappa shape index (κ1) is 29.0. The van der Waals surface area contributed by atoms with E-state index in [1.165, 1.54) is 0 Å². The number of nitrogens with one attached hydrogen (secondary N) is 5. The van der Waals surface area contributed by atoms with Crippen LogP contribution in [0.3, 0.4) is 0 Å². The second kappa shape index (κ2) is 12.3. The first-order valence-electron chi connectivity index (χ1n) is 15.0. The maximum atomic E-state index is 13.7. The predicted molar refractivity (Wildman–Crippen MR) is 149 cm³/mol. The Kier molecular flexibility index (Phi) is 8.89. The molecule has 0 aromatic carbocycles. The van der Waals surface area contributed by atoms with Gasteiger partial charge in [0.2, 0.25) is 18.2 Å². The number of nitrogens with zero attached hydrogens (tertiary/aromatic N) is 2. The van der Waals surface area contributed by atoms with Crippen LogP contribution in [0.4, 0.5) is 8.78 Å². The second-order valence-electron chi connectivity index (χ2n) is 12.7. The Balaban J connectivity index is 1.02. The van der Waals surface area contributed by atoms with E-state index in [0.29, 0.717) is 50.5 Å². The van der Waals surface area contributed by atoms with Gasteiger partial charge in [-0.3, -0.25) is 19.8 Å². The number of ether oxygens (including phenoxy) is 1. The molecule has 5 N–H and O–H groups in total. The van der Waals surface area contributed by atoms with Crippen molar-refractivity contribution in [2.24, 2.45) is 23.7 Å². The molecule has 6 aliphatic heterocycles. The summed E-state index contributed by atoms with van der Waals surface area (Å²) in [6.45, 7) is 7.08. The highest BCUT2D eigenvalue weighted by atomic mass is 32.2. The molecule has 6 aliphatic rings.